The third kappa shape index (κ3) is 7.58. The van der Waals surface area contributed by atoms with E-state index >= 15 is 0 Å². The van der Waals surface area contributed by atoms with Gasteiger partial charge in [0, 0.05) is 51.9 Å². The molecule has 20 heavy (non-hydrogen) atoms. The molecule has 0 aliphatic carbocycles. The van der Waals surface area contributed by atoms with Crippen LogP contribution in [0.2, 0.25) is 0 Å². The minimum absolute atomic E-state index is 0.308. The summed E-state index contributed by atoms with van der Waals surface area (Å²) in [4.78, 5) is 4.93. The Morgan fingerprint density at radius 3 is 1.80 bits per heavy atom. The summed E-state index contributed by atoms with van der Waals surface area (Å²) >= 11 is 0. The monoisotopic (exact) mass is 285 g/mol. The van der Waals surface area contributed by atoms with Crippen LogP contribution in [0.15, 0.2) is 0 Å². The van der Waals surface area contributed by atoms with E-state index in [9.17, 15) is 5.11 Å². The number of hydrogen-bond acceptors (Lipinski definition) is 4. The number of rotatable bonds is 7. The van der Waals surface area contributed by atoms with Gasteiger partial charge in [-0.2, -0.15) is 0 Å². The van der Waals surface area contributed by atoms with Gasteiger partial charge in [0.05, 0.1) is 5.60 Å². The van der Waals surface area contributed by atoms with Crippen molar-refractivity contribution in [2.45, 2.75) is 53.2 Å². The summed E-state index contributed by atoms with van der Waals surface area (Å²) in [6.45, 7) is 20.2. The fourth-order valence-electron chi connectivity index (χ4n) is 2.79. The van der Waals surface area contributed by atoms with E-state index in [2.05, 4.69) is 42.8 Å². The Morgan fingerprint density at radius 2 is 1.40 bits per heavy atom. The number of β-amino-alcohol motifs (C(OH)–C–C–N with tert-alkyl or cyclic N) is 1. The Labute approximate surface area is 125 Å². The van der Waals surface area contributed by atoms with Gasteiger partial charge in [0.2, 0.25) is 0 Å². The number of nitrogens with one attached hydrogen (secondary N) is 1. The molecule has 0 aromatic carbocycles. The lowest BCUT2D eigenvalue weighted by Gasteiger charge is -2.40. The molecule has 0 bridgehead atoms. The Hall–Kier alpha value is -0.160. The second-order valence-corrected chi connectivity index (χ2v) is 8.06. The summed E-state index contributed by atoms with van der Waals surface area (Å²) in [5, 5.41) is 13.4. The van der Waals surface area contributed by atoms with Gasteiger partial charge in [0.25, 0.3) is 0 Å². The maximum Gasteiger partial charge on any atom is 0.0718 e. The van der Waals surface area contributed by atoms with E-state index in [1.165, 1.54) is 0 Å². The largest absolute Gasteiger partial charge is 0.389 e. The minimum atomic E-state index is -0.581. The number of piperazine rings is 1. The Bertz CT molecular complexity index is 276. The fourth-order valence-corrected chi connectivity index (χ4v) is 2.79. The predicted octanol–water partition coefficient (Wildman–Crippen LogP) is 1.40. The van der Waals surface area contributed by atoms with E-state index < -0.39 is 5.60 Å². The summed E-state index contributed by atoms with van der Waals surface area (Å²) in [5.74, 6) is 0. The van der Waals surface area contributed by atoms with Crippen LogP contribution >= 0.6 is 0 Å². The van der Waals surface area contributed by atoms with E-state index in [0.717, 1.165) is 45.8 Å². The zero-order chi connectivity index (χ0) is 15.4. The molecular weight excluding hydrogens is 250 g/mol. The second-order valence-electron chi connectivity index (χ2n) is 8.06. The molecule has 4 nitrogen and oxygen atoms in total. The van der Waals surface area contributed by atoms with E-state index in [1.54, 1.807) is 0 Å². The first-order chi connectivity index (χ1) is 9.07. The van der Waals surface area contributed by atoms with Crippen molar-refractivity contribution in [3.8, 4) is 0 Å². The first kappa shape index (κ1) is 17.9. The van der Waals surface area contributed by atoms with Crippen molar-refractivity contribution in [1.82, 2.24) is 15.1 Å². The van der Waals surface area contributed by atoms with Crippen LogP contribution in [0.3, 0.4) is 0 Å². The minimum Gasteiger partial charge on any atom is -0.389 e. The zero-order valence-electron chi connectivity index (χ0n) is 14.4. The highest BCUT2D eigenvalue weighted by Crippen LogP contribution is 2.18. The van der Waals surface area contributed by atoms with Crippen LogP contribution in [0.25, 0.3) is 0 Å². The average Bonchev–Trinajstić information content (AvgIpc) is 2.27. The van der Waals surface area contributed by atoms with Gasteiger partial charge in [-0.25, -0.2) is 0 Å². The van der Waals surface area contributed by atoms with Gasteiger partial charge < -0.3 is 15.3 Å². The highest BCUT2D eigenvalue weighted by atomic mass is 16.3. The lowest BCUT2D eigenvalue weighted by atomic mass is 9.92. The average molecular weight is 285 g/mol. The molecule has 120 valence electrons. The fraction of sp³-hybridized carbons (Fsp3) is 1.00. The van der Waals surface area contributed by atoms with Crippen molar-refractivity contribution in [2.24, 2.45) is 5.41 Å². The first-order valence-electron chi connectivity index (χ1n) is 7.98. The Balaban J connectivity index is 2.31. The van der Waals surface area contributed by atoms with Gasteiger partial charge in [0.1, 0.15) is 0 Å². The highest BCUT2D eigenvalue weighted by Gasteiger charge is 2.26. The van der Waals surface area contributed by atoms with Gasteiger partial charge in [-0.15, -0.1) is 0 Å². The molecule has 1 saturated heterocycles. The molecule has 0 aromatic rings. The SMILES string of the molecule is CC(C)NCC(C)(C)CN1CCN(CC(C)(C)O)CC1. The molecule has 2 N–H and O–H groups in total. The van der Waals surface area contributed by atoms with Crippen LogP contribution in [0.4, 0.5) is 0 Å². The number of nitrogens with zero attached hydrogens (tertiary/aromatic N) is 2. The van der Waals surface area contributed by atoms with Gasteiger partial charge in [0.15, 0.2) is 0 Å². The summed E-state index contributed by atoms with van der Waals surface area (Å²) in [6, 6.07) is 0.554. The highest BCUT2D eigenvalue weighted by molar-refractivity contribution is 4.82. The van der Waals surface area contributed by atoms with Crippen LogP contribution in [0.1, 0.15) is 41.5 Å². The summed E-state index contributed by atoms with van der Waals surface area (Å²) < 4.78 is 0. The van der Waals surface area contributed by atoms with Gasteiger partial charge in [-0.3, -0.25) is 4.90 Å². The Morgan fingerprint density at radius 1 is 0.950 bits per heavy atom. The molecule has 0 radical (unpaired) electrons. The molecule has 0 amide bonds. The second kappa shape index (κ2) is 7.21. The van der Waals surface area contributed by atoms with Crippen LogP contribution in [0.5, 0.6) is 0 Å². The lowest BCUT2D eigenvalue weighted by molar-refractivity contribution is 0.0125. The maximum atomic E-state index is 9.88. The van der Waals surface area contributed by atoms with Crippen LogP contribution < -0.4 is 5.32 Å². The zero-order valence-corrected chi connectivity index (χ0v) is 14.4. The van der Waals surface area contributed by atoms with Crippen molar-refractivity contribution in [2.75, 3.05) is 45.8 Å². The molecule has 1 aliphatic rings. The topological polar surface area (TPSA) is 38.7 Å². The third-order valence-electron chi connectivity index (χ3n) is 3.72. The van der Waals surface area contributed by atoms with Crippen molar-refractivity contribution >= 4 is 0 Å². The smallest absolute Gasteiger partial charge is 0.0718 e. The molecule has 0 spiro atoms. The van der Waals surface area contributed by atoms with Crippen molar-refractivity contribution in [3.05, 3.63) is 0 Å². The van der Waals surface area contributed by atoms with Crippen LogP contribution in [-0.4, -0.2) is 72.4 Å². The molecule has 1 rings (SSSR count). The Kier molecular flexibility index (Phi) is 6.45. The molecule has 1 heterocycles. The summed E-state index contributed by atoms with van der Waals surface area (Å²) in [6.07, 6.45) is 0. The lowest BCUT2D eigenvalue weighted by Crippen LogP contribution is -2.53. The molecule has 1 fully saturated rings. The standard InChI is InChI=1S/C16H35N3O/c1-14(2)17-11-15(3,4)12-18-7-9-19(10-8-18)13-16(5,6)20/h14,17,20H,7-13H2,1-6H3. The predicted molar refractivity (Wildman–Crippen MR) is 86.1 cm³/mol. The molecule has 0 atom stereocenters. The molecule has 0 unspecified atom stereocenters. The van der Waals surface area contributed by atoms with E-state index in [-0.39, 0.29) is 0 Å². The molecule has 4 heteroatoms. The number of hydrogen-bond donors (Lipinski definition) is 2. The molecule has 0 aromatic heterocycles. The van der Waals surface area contributed by atoms with Gasteiger partial charge in [-0.05, 0) is 19.3 Å². The van der Waals surface area contributed by atoms with Crippen LogP contribution in [0, 0.1) is 5.41 Å². The van der Waals surface area contributed by atoms with Crippen LogP contribution in [-0.2, 0) is 0 Å². The number of aliphatic hydroxyl groups is 1. The van der Waals surface area contributed by atoms with Crippen molar-refractivity contribution in [1.29, 1.82) is 0 Å². The first-order valence-corrected chi connectivity index (χ1v) is 7.98. The normalized spacial score (nSPS) is 19.8. The summed E-state index contributed by atoms with van der Waals surface area (Å²) in [7, 11) is 0. The quantitative estimate of drug-likeness (QED) is 0.742. The van der Waals surface area contributed by atoms with Gasteiger partial charge >= 0.3 is 0 Å². The van der Waals surface area contributed by atoms with E-state index in [0.29, 0.717) is 11.5 Å². The molecule has 0 saturated carbocycles. The maximum absolute atomic E-state index is 9.88. The summed E-state index contributed by atoms with van der Waals surface area (Å²) in [5.41, 5.74) is -0.273. The van der Waals surface area contributed by atoms with Crippen molar-refractivity contribution < 1.29 is 5.11 Å². The van der Waals surface area contributed by atoms with E-state index in [1.807, 2.05) is 13.8 Å². The molecule has 1 aliphatic heterocycles. The molecular formula is C16H35N3O. The third-order valence-corrected chi connectivity index (χ3v) is 3.72. The van der Waals surface area contributed by atoms with Crippen molar-refractivity contribution in [3.63, 3.8) is 0 Å². The van der Waals surface area contributed by atoms with Gasteiger partial charge in [-0.1, -0.05) is 27.7 Å². The van der Waals surface area contributed by atoms with E-state index in [4.69, 9.17) is 0 Å².